The molecule has 1 atom stereocenters. The average molecular weight is 272 g/mol. The molecule has 1 rings (SSSR count). The largest absolute Gasteiger partial charge is 0.383 e. The zero-order valence-corrected chi connectivity index (χ0v) is 11.1. The molecule has 0 aliphatic heterocycles. The van der Waals surface area contributed by atoms with Gasteiger partial charge in [0, 0.05) is 11.6 Å². The number of rotatable bonds is 5. The van der Waals surface area contributed by atoms with Gasteiger partial charge in [0.05, 0.1) is 12.6 Å². The molecule has 1 aromatic rings. The second-order valence-electron chi connectivity index (χ2n) is 3.57. The molecule has 0 aromatic heterocycles. The molecule has 0 aliphatic carbocycles. The summed E-state index contributed by atoms with van der Waals surface area (Å²) in [6.07, 6.45) is 0. The number of ether oxygens (including phenoxy) is 1. The molecular formula is C12H18BrNO. The van der Waals surface area contributed by atoms with Crippen LogP contribution >= 0.6 is 15.9 Å². The molecule has 0 aliphatic rings. The first-order chi connectivity index (χ1) is 7.19. The van der Waals surface area contributed by atoms with E-state index in [0.717, 1.165) is 11.0 Å². The highest BCUT2D eigenvalue weighted by atomic mass is 79.9. The lowest BCUT2D eigenvalue weighted by Gasteiger charge is -2.18. The molecule has 0 radical (unpaired) electrons. The molecule has 0 saturated heterocycles. The van der Waals surface area contributed by atoms with Gasteiger partial charge in [-0.25, -0.2) is 0 Å². The van der Waals surface area contributed by atoms with E-state index in [0.29, 0.717) is 6.61 Å². The van der Waals surface area contributed by atoms with Gasteiger partial charge < -0.3 is 10.1 Å². The van der Waals surface area contributed by atoms with Crippen molar-refractivity contribution in [1.29, 1.82) is 0 Å². The van der Waals surface area contributed by atoms with E-state index in [2.05, 4.69) is 53.3 Å². The topological polar surface area (TPSA) is 21.3 Å². The molecule has 0 fully saturated rings. The van der Waals surface area contributed by atoms with Crippen LogP contribution in [0.4, 0.5) is 0 Å². The van der Waals surface area contributed by atoms with E-state index >= 15 is 0 Å². The predicted octanol–water partition coefficient (Wildman–Crippen LogP) is 3.05. The van der Waals surface area contributed by atoms with E-state index < -0.39 is 0 Å². The summed E-state index contributed by atoms with van der Waals surface area (Å²) in [4.78, 5) is 0. The summed E-state index contributed by atoms with van der Waals surface area (Å²) < 4.78 is 6.36. The summed E-state index contributed by atoms with van der Waals surface area (Å²) in [6.45, 7) is 5.83. The lowest BCUT2D eigenvalue weighted by molar-refractivity contribution is 0.168. The molecule has 2 nitrogen and oxygen atoms in total. The van der Waals surface area contributed by atoms with Crippen LogP contribution in [0.15, 0.2) is 22.7 Å². The number of nitrogens with one attached hydrogen (secondary N) is 1. The van der Waals surface area contributed by atoms with Crippen molar-refractivity contribution in [2.75, 3.05) is 20.3 Å². The Labute approximate surface area is 100 Å². The monoisotopic (exact) mass is 271 g/mol. The SMILES string of the molecule is CCNC(COC)c1ccc(C)c(Br)c1. The van der Waals surface area contributed by atoms with Gasteiger partial charge in [0.15, 0.2) is 0 Å². The summed E-state index contributed by atoms with van der Waals surface area (Å²) in [5.41, 5.74) is 2.52. The Bertz CT molecular complexity index is 308. The van der Waals surface area contributed by atoms with Gasteiger partial charge in [-0.1, -0.05) is 35.0 Å². The quantitative estimate of drug-likeness (QED) is 0.889. The van der Waals surface area contributed by atoms with Gasteiger partial charge in [0.2, 0.25) is 0 Å². The van der Waals surface area contributed by atoms with E-state index in [1.807, 2.05) is 0 Å². The summed E-state index contributed by atoms with van der Waals surface area (Å²) in [7, 11) is 1.73. The van der Waals surface area contributed by atoms with Crippen molar-refractivity contribution in [3.05, 3.63) is 33.8 Å². The summed E-state index contributed by atoms with van der Waals surface area (Å²) in [6, 6.07) is 6.70. The highest BCUT2D eigenvalue weighted by Gasteiger charge is 2.10. The maximum absolute atomic E-state index is 5.20. The molecule has 0 bridgehead atoms. The first-order valence-electron chi connectivity index (χ1n) is 5.17. The standard InChI is InChI=1S/C12H18BrNO/c1-4-14-12(8-15-3)10-6-5-9(2)11(13)7-10/h5-7,12,14H,4,8H2,1-3H3. The minimum atomic E-state index is 0.275. The minimum absolute atomic E-state index is 0.275. The summed E-state index contributed by atoms with van der Waals surface area (Å²) >= 11 is 3.55. The fraction of sp³-hybridized carbons (Fsp3) is 0.500. The van der Waals surface area contributed by atoms with Crippen molar-refractivity contribution < 1.29 is 4.74 Å². The lowest BCUT2D eigenvalue weighted by Crippen LogP contribution is -2.24. The van der Waals surface area contributed by atoms with Gasteiger partial charge >= 0.3 is 0 Å². The van der Waals surface area contributed by atoms with Crippen molar-refractivity contribution in [2.24, 2.45) is 0 Å². The Morgan fingerprint density at radius 2 is 2.20 bits per heavy atom. The smallest absolute Gasteiger partial charge is 0.0657 e. The third-order valence-corrected chi connectivity index (χ3v) is 3.24. The maximum atomic E-state index is 5.20. The Hall–Kier alpha value is -0.380. The lowest BCUT2D eigenvalue weighted by atomic mass is 10.1. The Balaban J connectivity index is 2.85. The number of methoxy groups -OCH3 is 1. The van der Waals surface area contributed by atoms with Crippen molar-refractivity contribution in [3.63, 3.8) is 0 Å². The molecule has 1 unspecified atom stereocenters. The van der Waals surface area contributed by atoms with Crippen LogP contribution in [0, 0.1) is 6.92 Å². The van der Waals surface area contributed by atoms with Crippen molar-refractivity contribution in [1.82, 2.24) is 5.32 Å². The van der Waals surface area contributed by atoms with Crippen LogP contribution in [-0.4, -0.2) is 20.3 Å². The number of benzene rings is 1. The van der Waals surface area contributed by atoms with E-state index in [-0.39, 0.29) is 6.04 Å². The van der Waals surface area contributed by atoms with Crippen LogP contribution in [-0.2, 0) is 4.74 Å². The number of halogens is 1. The third kappa shape index (κ3) is 3.59. The van der Waals surface area contributed by atoms with Crippen LogP contribution in [0.5, 0.6) is 0 Å². The fourth-order valence-electron chi connectivity index (χ4n) is 1.51. The summed E-state index contributed by atoms with van der Waals surface area (Å²) in [5.74, 6) is 0. The van der Waals surface area contributed by atoms with Gasteiger partial charge in [-0.3, -0.25) is 0 Å². The van der Waals surface area contributed by atoms with Crippen LogP contribution in [0.1, 0.15) is 24.1 Å². The van der Waals surface area contributed by atoms with E-state index in [1.165, 1.54) is 11.1 Å². The Morgan fingerprint density at radius 3 is 2.73 bits per heavy atom. The van der Waals surface area contributed by atoms with E-state index in [9.17, 15) is 0 Å². The highest BCUT2D eigenvalue weighted by Crippen LogP contribution is 2.22. The third-order valence-electron chi connectivity index (χ3n) is 2.38. The number of aryl methyl sites for hydroxylation is 1. The van der Waals surface area contributed by atoms with Gasteiger partial charge in [0.25, 0.3) is 0 Å². The maximum Gasteiger partial charge on any atom is 0.0657 e. The predicted molar refractivity (Wildman–Crippen MR) is 67.2 cm³/mol. The molecule has 3 heteroatoms. The number of likely N-dealkylation sites (N-methyl/N-ethyl adjacent to an activating group) is 1. The molecule has 1 N–H and O–H groups in total. The van der Waals surface area contributed by atoms with Crippen molar-refractivity contribution in [3.8, 4) is 0 Å². The van der Waals surface area contributed by atoms with Crippen LogP contribution in [0.25, 0.3) is 0 Å². The number of hydrogen-bond donors (Lipinski definition) is 1. The van der Waals surface area contributed by atoms with Crippen LogP contribution < -0.4 is 5.32 Å². The van der Waals surface area contributed by atoms with Gasteiger partial charge in [-0.05, 0) is 30.7 Å². The minimum Gasteiger partial charge on any atom is -0.383 e. The highest BCUT2D eigenvalue weighted by molar-refractivity contribution is 9.10. The second-order valence-corrected chi connectivity index (χ2v) is 4.43. The van der Waals surface area contributed by atoms with Crippen molar-refractivity contribution in [2.45, 2.75) is 19.9 Å². The van der Waals surface area contributed by atoms with Crippen molar-refractivity contribution >= 4 is 15.9 Å². The van der Waals surface area contributed by atoms with Crippen LogP contribution in [0.3, 0.4) is 0 Å². The van der Waals surface area contributed by atoms with Gasteiger partial charge in [0.1, 0.15) is 0 Å². The fourth-order valence-corrected chi connectivity index (χ4v) is 1.91. The Morgan fingerprint density at radius 1 is 1.47 bits per heavy atom. The molecule has 15 heavy (non-hydrogen) atoms. The molecule has 1 aromatic carbocycles. The number of hydrogen-bond acceptors (Lipinski definition) is 2. The van der Waals surface area contributed by atoms with Gasteiger partial charge in [-0.15, -0.1) is 0 Å². The van der Waals surface area contributed by atoms with Crippen LogP contribution in [0.2, 0.25) is 0 Å². The molecular weight excluding hydrogens is 254 g/mol. The first kappa shape index (κ1) is 12.7. The molecule has 0 amide bonds. The Kier molecular flexibility index (Phi) is 5.29. The molecule has 0 saturated carbocycles. The zero-order chi connectivity index (χ0) is 11.3. The second kappa shape index (κ2) is 6.26. The molecule has 0 spiro atoms. The average Bonchev–Trinajstić information content (AvgIpc) is 2.22. The van der Waals surface area contributed by atoms with Gasteiger partial charge in [-0.2, -0.15) is 0 Å². The first-order valence-corrected chi connectivity index (χ1v) is 5.96. The van der Waals surface area contributed by atoms with E-state index in [1.54, 1.807) is 7.11 Å². The molecule has 84 valence electrons. The molecule has 0 heterocycles. The zero-order valence-electron chi connectivity index (χ0n) is 9.51. The summed E-state index contributed by atoms with van der Waals surface area (Å²) in [5, 5.41) is 3.40. The normalized spacial score (nSPS) is 12.8. The van der Waals surface area contributed by atoms with E-state index in [4.69, 9.17) is 4.74 Å².